The molecule has 1 aliphatic heterocycles. The molecule has 9 heteroatoms. The van der Waals surface area contributed by atoms with E-state index >= 15 is 0 Å². The largest absolute Gasteiger partial charge is 0.356 e. The lowest BCUT2D eigenvalue weighted by Crippen LogP contribution is -2.39. The van der Waals surface area contributed by atoms with Gasteiger partial charge in [-0.1, -0.05) is 22.5 Å². The van der Waals surface area contributed by atoms with E-state index in [-0.39, 0.29) is 11.8 Å². The molecule has 4 heterocycles. The van der Waals surface area contributed by atoms with Crippen LogP contribution in [0.25, 0.3) is 22.4 Å². The predicted octanol–water partition coefficient (Wildman–Crippen LogP) is 3.29. The number of carbonyl (C=O) groups is 1. The molecule has 0 aliphatic carbocycles. The van der Waals surface area contributed by atoms with Gasteiger partial charge in [-0.15, -0.1) is 5.10 Å². The zero-order valence-electron chi connectivity index (χ0n) is 18.2. The third-order valence-electron chi connectivity index (χ3n) is 5.95. The van der Waals surface area contributed by atoms with Crippen LogP contribution in [-0.2, 0) is 11.3 Å². The minimum atomic E-state index is 0.122. The van der Waals surface area contributed by atoms with E-state index in [1.165, 1.54) is 0 Å². The van der Waals surface area contributed by atoms with E-state index in [1.54, 1.807) is 10.9 Å². The number of aromatic nitrogens is 6. The zero-order valence-corrected chi connectivity index (χ0v) is 18.2. The first-order valence-electron chi connectivity index (χ1n) is 10.9. The monoisotopic (exact) mass is 431 g/mol. The Labute approximate surface area is 185 Å². The van der Waals surface area contributed by atoms with Crippen molar-refractivity contribution in [2.75, 3.05) is 13.1 Å². The van der Waals surface area contributed by atoms with Crippen molar-refractivity contribution in [3.63, 3.8) is 0 Å². The molecule has 0 N–H and O–H groups in total. The van der Waals surface area contributed by atoms with Crippen molar-refractivity contribution >= 4 is 16.9 Å². The SMILES string of the molecule is Cc1cc(-c2cnc(C)nc2[C@@H]2CCCN(C(=O)CCn3nnc4ccccc43)C2)on1. The van der Waals surface area contributed by atoms with Gasteiger partial charge in [-0.25, -0.2) is 14.6 Å². The number of para-hydroxylation sites is 1. The Morgan fingerprint density at radius 2 is 2.12 bits per heavy atom. The summed E-state index contributed by atoms with van der Waals surface area (Å²) >= 11 is 0. The van der Waals surface area contributed by atoms with Crippen LogP contribution in [0.1, 0.15) is 42.4 Å². The van der Waals surface area contributed by atoms with Gasteiger partial charge in [0, 0.05) is 37.7 Å². The summed E-state index contributed by atoms with van der Waals surface area (Å²) in [7, 11) is 0. The maximum Gasteiger partial charge on any atom is 0.224 e. The standard InChI is InChI=1S/C23H25N7O2/c1-15-12-21(32-27-15)18-13-24-16(2)25-23(18)17-6-5-10-29(14-17)22(31)9-11-30-20-8-4-3-7-19(20)26-28-30/h3-4,7-8,12-13,17H,5-6,9-11,14H2,1-2H3/t17-/m1/s1. The second kappa shape index (κ2) is 8.49. The number of hydrogen-bond donors (Lipinski definition) is 0. The molecule has 5 rings (SSSR count). The van der Waals surface area contributed by atoms with Crippen LogP contribution in [0.15, 0.2) is 41.1 Å². The summed E-state index contributed by atoms with van der Waals surface area (Å²) in [5.74, 6) is 1.62. The highest BCUT2D eigenvalue weighted by Gasteiger charge is 2.28. The molecular formula is C23H25N7O2. The fraction of sp³-hybridized carbons (Fsp3) is 0.391. The molecule has 1 aromatic carbocycles. The van der Waals surface area contributed by atoms with E-state index in [4.69, 9.17) is 9.51 Å². The average molecular weight is 432 g/mol. The van der Waals surface area contributed by atoms with E-state index in [0.717, 1.165) is 47.4 Å². The van der Waals surface area contributed by atoms with Gasteiger partial charge >= 0.3 is 0 Å². The lowest BCUT2D eigenvalue weighted by molar-refractivity contribution is -0.132. The molecule has 0 spiro atoms. The van der Waals surface area contributed by atoms with Gasteiger partial charge in [0.05, 0.1) is 29.0 Å². The molecule has 1 saturated heterocycles. The molecule has 1 fully saturated rings. The topological polar surface area (TPSA) is 103 Å². The van der Waals surface area contributed by atoms with Gasteiger partial charge in [0.15, 0.2) is 5.76 Å². The number of hydrogen-bond acceptors (Lipinski definition) is 7. The van der Waals surface area contributed by atoms with Gasteiger partial charge in [-0.2, -0.15) is 0 Å². The Kier molecular flexibility index (Phi) is 5.38. The van der Waals surface area contributed by atoms with Gasteiger partial charge in [0.2, 0.25) is 5.91 Å². The first kappa shape index (κ1) is 20.3. The summed E-state index contributed by atoms with van der Waals surface area (Å²) in [6, 6.07) is 9.68. The van der Waals surface area contributed by atoms with Crippen molar-refractivity contribution in [2.45, 2.75) is 45.6 Å². The summed E-state index contributed by atoms with van der Waals surface area (Å²) in [5.41, 5.74) is 4.37. The molecule has 0 saturated carbocycles. The lowest BCUT2D eigenvalue weighted by Gasteiger charge is -2.33. The fourth-order valence-electron chi connectivity index (χ4n) is 4.35. The molecule has 1 atom stereocenters. The van der Waals surface area contributed by atoms with Crippen LogP contribution in [0.4, 0.5) is 0 Å². The highest BCUT2D eigenvalue weighted by Crippen LogP contribution is 2.33. The van der Waals surface area contributed by atoms with Crippen LogP contribution < -0.4 is 0 Å². The number of rotatable bonds is 5. The molecule has 1 amide bonds. The number of benzene rings is 1. The summed E-state index contributed by atoms with van der Waals surface area (Å²) in [4.78, 5) is 24.1. The highest BCUT2D eigenvalue weighted by molar-refractivity contribution is 5.77. The van der Waals surface area contributed by atoms with E-state index in [2.05, 4.69) is 20.5 Å². The van der Waals surface area contributed by atoms with Crippen LogP contribution in [0, 0.1) is 13.8 Å². The number of fused-ring (bicyclic) bond motifs is 1. The lowest BCUT2D eigenvalue weighted by atomic mass is 9.91. The van der Waals surface area contributed by atoms with E-state index in [1.807, 2.05) is 49.1 Å². The molecule has 9 nitrogen and oxygen atoms in total. The number of piperidine rings is 1. The Hall–Kier alpha value is -3.62. The number of amides is 1. The molecule has 3 aromatic heterocycles. The van der Waals surface area contributed by atoms with Crippen molar-refractivity contribution in [3.8, 4) is 11.3 Å². The van der Waals surface area contributed by atoms with Crippen molar-refractivity contribution in [3.05, 3.63) is 53.7 Å². The quantitative estimate of drug-likeness (QED) is 0.478. The molecule has 0 unspecified atom stereocenters. The first-order chi connectivity index (χ1) is 15.6. The van der Waals surface area contributed by atoms with Crippen molar-refractivity contribution in [2.24, 2.45) is 0 Å². The minimum Gasteiger partial charge on any atom is -0.356 e. The van der Waals surface area contributed by atoms with Crippen molar-refractivity contribution in [1.29, 1.82) is 0 Å². The fourth-order valence-corrected chi connectivity index (χ4v) is 4.35. The number of nitrogens with zero attached hydrogens (tertiary/aromatic N) is 7. The summed E-state index contributed by atoms with van der Waals surface area (Å²) in [6.45, 7) is 5.67. The Morgan fingerprint density at radius 3 is 2.97 bits per heavy atom. The highest BCUT2D eigenvalue weighted by atomic mass is 16.5. The van der Waals surface area contributed by atoms with Gasteiger partial charge in [0.1, 0.15) is 11.3 Å². The number of carbonyl (C=O) groups excluding carboxylic acids is 1. The molecular weight excluding hydrogens is 406 g/mol. The number of aryl methyl sites for hydroxylation is 3. The van der Waals surface area contributed by atoms with Gasteiger partial charge in [-0.05, 0) is 38.8 Å². The predicted molar refractivity (Wildman–Crippen MR) is 118 cm³/mol. The van der Waals surface area contributed by atoms with E-state index in [9.17, 15) is 4.79 Å². The van der Waals surface area contributed by atoms with Crippen molar-refractivity contribution in [1.82, 2.24) is 35.0 Å². The van der Waals surface area contributed by atoms with Gasteiger partial charge < -0.3 is 9.42 Å². The molecule has 0 radical (unpaired) electrons. The first-order valence-corrected chi connectivity index (χ1v) is 10.9. The normalized spacial score (nSPS) is 16.6. The van der Waals surface area contributed by atoms with Crippen LogP contribution in [0.2, 0.25) is 0 Å². The van der Waals surface area contributed by atoms with Crippen LogP contribution in [-0.4, -0.2) is 54.0 Å². The maximum absolute atomic E-state index is 13.0. The second-order valence-electron chi connectivity index (χ2n) is 8.28. The van der Waals surface area contributed by atoms with Crippen LogP contribution in [0.3, 0.4) is 0 Å². The average Bonchev–Trinajstić information content (AvgIpc) is 3.43. The minimum absolute atomic E-state index is 0.122. The summed E-state index contributed by atoms with van der Waals surface area (Å²) in [5, 5.41) is 12.4. The van der Waals surface area contributed by atoms with E-state index in [0.29, 0.717) is 31.1 Å². The van der Waals surface area contributed by atoms with Crippen LogP contribution in [0.5, 0.6) is 0 Å². The molecule has 0 bridgehead atoms. The van der Waals surface area contributed by atoms with Gasteiger partial charge in [0.25, 0.3) is 0 Å². The van der Waals surface area contributed by atoms with Crippen LogP contribution >= 0.6 is 0 Å². The molecule has 4 aromatic rings. The Bertz CT molecular complexity index is 1260. The Balaban J connectivity index is 1.31. The second-order valence-corrected chi connectivity index (χ2v) is 8.28. The maximum atomic E-state index is 13.0. The third kappa shape index (κ3) is 3.98. The summed E-state index contributed by atoms with van der Waals surface area (Å²) in [6.07, 6.45) is 4.08. The Morgan fingerprint density at radius 1 is 1.25 bits per heavy atom. The zero-order chi connectivity index (χ0) is 22.1. The van der Waals surface area contributed by atoms with Gasteiger partial charge in [-0.3, -0.25) is 4.79 Å². The molecule has 164 valence electrons. The summed E-state index contributed by atoms with van der Waals surface area (Å²) < 4.78 is 7.28. The van der Waals surface area contributed by atoms with E-state index < -0.39 is 0 Å². The molecule has 1 aliphatic rings. The number of likely N-dealkylation sites (tertiary alicyclic amines) is 1. The smallest absolute Gasteiger partial charge is 0.224 e. The molecule has 32 heavy (non-hydrogen) atoms. The third-order valence-corrected chi connectivity index (χ3v) is 5.95. The van der Waals surface area contributed by atoms with Crippen molar-refractivity contribution < 1.29 is 9.32 Å².